The van der Waals surface area contributed by atoms with E-state index in [1.165, 1.54) is 0 Å². The predicted molar refractivity (Wildman–Crippen MR) is 104 cm³/mol. The van der Waals surface area contributed by atoms with Crippen LogP contribution in [0.25, 0.3) is 11.1 Å². The SMILES string of the molecule is CC(=O)N[C@@H]1CCN(c2cc(Cl)ncc2-c2cnn(C3CCOCC3)c2)C1. The lowest BCUT2D eigenvalue weighted by atomic mass is 10.1. The number of anilines is 1. The Labute approximate surface area is 163 Å². The standard InChI is InChI=1S/C19H24ClN5O2/c1-13(26)23-15-2-5-24(12-15)18-8-19(20)21-10-17(18)14-9-22-25(11-14)16-3-6-27-7-4-16/h8-11,15-16H,2-7,12H2,1H3,(H,23,26)/t15-/m1/s1. The van der Waals surface area contributed by atoms with E-state index in [2.05, 4.69) is 26.5 Å². The number of amides is 1. The van der Waals surface area contributed by atoms with Gasteiger partial charge in [-0.15, -0.1) is 0 Å². The Morgan fingerprint density at radius 2 is 2.11 bits per heavy atom. The third-order valence-corrected chi connectivity index (χ3v) is 5.47. The predicted octanol–water partition coefficient (Wildman–Crippen LogP) is 2.66. The van der Waals surface area contributed by atoms with E-state index in [4.69, 9.17) is 16.3 Å². The molecule has 2 aromatic rings. The second kappa shape index (κ2) is 7.86. The third-order valence-electron chi connectivity index (χ3n) is 5.26. The van der Waals surface area contributed by atoms with E-state index >= 15 is 0 Å². The number of rotatable bonds is 4. The minimum Gasteiger partial charge on any atom is -0.381 e. The molecule has 0 bridgehead atoms. The lowest BCUT2D eigenvalue weighted by molar-refractivity contribution is -0.119. The highest BCUT2D eigenvalue weighted by atomic mass is 35.5. The van der Waals surface area contributed by atoms with Crippen LogP contribution < -0.4 is 10.2 Å². The second-order valence-electron chi connectivity index (χ2n) is 7.21. The Morgan fingerprint density at radius 3 is 2.89 bits per heavy atom. The third kappa shape index (κ3) is 4.09. The molecule has 1 N–H and O–H groups in total. The molecule has 0 saturated carbocycles. The fourth-order valence-corrected chi connectivity index (χ4v) is 4.07. The van der Waals surface area contributed by atoms with Crippen LogP contribution in [0.2, 0.25) is 5.15 Å². The summed E-state index contributed by atoms with van der Waals surface area (Å²) in [5.41, 5.74) is 3.08. The molecule has 144 valence electrons. The average molecular weight is 390 g/mol. The highest BCUT2D eigenvalue weighted by Gasteiger charge is 2.26. The smallest absolute Gasteiger partial charge is 0.217 e. The van der Waals surface area contributed by atoms with Gasteiger partial charge in [-0.05, 0) is 25.3 Å². The Balaban J connectivity index is 1.59. The van der Waals surface area contributed by atoms with Crippen molar-refractivity contribution in [3.05, 3.63) is 29.8 Å². The van der Waals surface area contributed by atoms with Gasteiger partial charge in [-0.2, -0.15) is 5.10 Å². The van der Waals surface area contributed by atoms with E-state index in [1.807, 2.05) is 23.1 Å². The van der Waals surface area contributed by atoms with Crippen LogP contribution in [0.1, 0.15) is 32.2 Å². The molecular formula is C19H24ClN5O2. The molecule has 8 heteroatoms. The van der Waals surface area contributed by atoms with Gasteiger partial charge in [-0.1, -0.05) is 11.6 Å². The summed E-state index contributed by atoms with van der Waals surface area (Å²) < 4.78 is 7.49. The topological polar surface area (TPSA) is 72.3 Å². The first-order valence-corrected chi connectivity index (χ1v) is 9.78. The van der Waals surface area contributed by atoms with Crippen molar-refractivity contribution in [1.82, 2.24) is 20.1 Å². The van der Waals surface area contributed by atoms with Crippen LogP contribution in [0.3, 0.4) is 0 Å². The van der Waals surface area contributed by atoms with Crippen molar-refractivity contribution in [2.75, 3.05) is 31.2 Å². The average Bonchev–Trinajstić information content (AvgIpc) is 3.32. The van der Waals surface area contributed by atoms with Crippen molar-refractivity contribution in [2.24, 2.45) is 0 Å². The summed E-state index contributed by atoms with van der Waals surface area (Å²) in [5.74, 6) is 0.00701. The molecule has 1 atom stereocenters. The summed E-state index contributed by atoms with van der Waals surface area (Å²) in [6.07, 6.45) is 8.68. The van der Waals surface area contributed by atoms with Gasteiger partial charge in [0.25, 0.3) is 0 Å². The maximum Gasteiger partial charge on any atom is 0.217 e. The van der Waals surface area contributed by atoms with Crippen LogP contribution >= 0.6 is 11.6 Å². The molecule has 7 nitrogen and oxygen atoms in total. The van der Waals surface area contributed by atoms with E-state index in [0.29, 0.717) is 11.2 Å². The van der Waals surface area contributed by atoms with Crippen LogP contribution in [-0.4, -0.2) is 53.0 Å². The Bertz CT molecular complexity index is 818. The number of nitrogens with zero attached hydrogens (tertiary/aromatic N) is 4. The van der Waals surface area contributed by atoms with Gasteiger partial charge in [0, 0.05) is 68.5 Å². The van der Waals surface area contributed by atoms with Crippen molar-refractivity contribution < 1.29 is 9.53 Å². The molecule has 0 spiro atoms. The summed E-state index contributed by atoms with van der Waals surface area (Å²) in [5, 5.41) is 8.06. The van der Waals surface area contributed by atoms with Crippen molar-refractivity contribution >= 4 is 23.2 Å². The molecule has 2 fully saturated rings. The maximum absolute atomic E-state index is 11.4. The molecular weight excluding hydrogens is 366 g/mol. The van der Waals surface area contributed by atoms with Gasteiger partial charge in [0.2, 0.25) is 5.91 Å². The Morgan fingerprint density at radius 1 is 1.30 bits per heavy atom. The first-order valence-electron chi connectivity index (χ1n) is 9.40. The van der Waals surface area contributed by atoms with E-state index in [9.17, 15) is 4.79 Å². The van der Waals surface area contributed by atoms with Crippen molar-refractivity contribution in [2.45, 2.75) is 38.3 Å². The summed E-state index contributed by atoms with van der Waals surface area (Å²) >= 11 is 6.19. The quantitative estimate of drug-likeness (QED) is 0.814. The number of nitrogens with one attached hydrogen (secondary N) is 1. The number of carbonyl (C=O) groups is 1. The lowest BCUT2D eigenvalue weighted by Gasteiger charge is -2.23. The number of hydrogen-bond acceptors (Lipinski definition) is 5. The number of aromatic nitrogens is 3. The van der Waals surface area contributed by atoms with Gasteiger partial charge in [-0.3, -0.25) is 9.48 Å². The summed E-state index contributed by atoms with van der Waals surface area (Å²) in [4.78, 5) is 17.9. The molecule has 2 aliphatic rings. The molecule has 4 heterocycles. The Kier molecular flexibility index (Phi) is 5.31. The molecule has 0 aliphatic carbocycles. The minimum atomic E-state index is 0.00701. The molecule has 2 saturated heterocycles. The maximum atomic E-state index is 11.4. The number of ether oxygens (including phenoxy) is 1. The van der Waals surface area contributed by atoms with E-state index in [1.54, 1.807) is 6.92 Å². The highest BCUT2D eigenvalue weighted by Crippen LogP contribution is 2.34. The summed E-state index contributed by atoms with van der Waals surface area (Å²) in [7, 11) is 0. The normalized spacial score (nSPS) is 20.8. The van der Waals surface area contributed by atoms with Crippen LogP contribution in [0.4, 0.5) is 5.69 Å². The highest BCUT2D eigenvalue weighted by molar-refractivity contribution is 6.29. The van der Waals surface area contributed by atoms with E-state index in [0.717, 1.165) is 62.4 Å². The fraction of sp³-hybridized carbons (Fsp3) is 0.526. The van der Waals surface area contributed by atoms with E-state index in [-0.39, 0.29) is 11.9 Å². The molecule has 0 aromatic carbocycles. The molecule has 27 heavy (non-hydrogen) atoms. The largest absolute Gasteiger partial charge is 0.381 e. The van der Waals surface area contributed by atoms with Crippen molar-refractivity contribution in [3.63, 3.8) is 0 Å². The fourth-order valence-electron chi connectivity index (χ4n) is 3.92. The van der Waals surface area contributed by atoms with Gasteiger partial charge in [0.15, 0.2) is 0 Å². The second-order valence-corrected chi connectivity index (χ2v) is 7.60. The van der Waals surface area contributed by atoms with Gasteiger partial charge < -0.3 is 15.0 Å². The van der Waals surface area contributed by atoms with E-state index < -0.39 is 0 Å². The molecule has 0 radical (unpaired) electrons. The van der Waals surface area contributed by atoms with Gasteiger partial charge in [-0.25, -0.2) is 4.98 Å². The molecule has 2 aliphatic heterocycles. The minimum absolute atomic E-state index is 0.00701. The van der Waals surface area contributed by atoms with Crippen molar-refractivity contribution in [1.29, 1.82) is 0 Å². The molecule has 4 rings (SSSR count). The zero-order valence-corrected chi connectivity index (χ0v) is 16.2. The van der Waals surface area contributed by atoms with Crippen LogP contribution in [0.5, 0.6) is 0 Å². The Hall–Kier alpha value is -2.12. The molecule has 0 unspecified atom stereocenters. The van der Waals surface area contributed by atoms with Gasteiger partial charge in [0.05, 0.1) is 12.2 Å². The van der Waals surface area contributed by atoms with Gasteiger partial charge >= 0.3 is 0 Å². The zero-order chi connectivity index (χ0) is 18.8. The number of hydrogen-bond donors (Lipinski definition) is 1. The van der Waals surface area contributed by atoms with Crippen LogP contribution in [0.15, 0.2) is 24.7 Å². The zero-order valence-electron chi connectivity index (χ0n) is 15.4. The van der Waals surface area contributed by atoms with Crippen LogP contribution in [-0.2, 0) is 9.53 Å². The first kappa shape index (κ1) is 18.3. The molecule has 2 aromatic heterocycles. The number of halogens is 1. The summed E-state index contributed by atoms with van der Waals surface area (Å²) in [6.45, 7) is 4.76. The van der Waals surface area contributed by atoms with Gasteiger partial charge in [0.1, 0.15) is 5.15 Å². The summed E-state index contributed by atoms with van der Waals surface area (Å²) in [6, 6.07) is 2.44. The number of carbonyl (C=O) groups excluding carboxylic acids is 1. The monoisotopic (exact) mass is 389 g/mol. The van der Waals surface area contributed by atoms with Crippen molar-refractivity contribution in [3.8, 4) is 11.1 Å². The number of pyridine rings is 1. The first-order chi connectivity index (χ1) is 13.1. The lowest BCUT2D eigenvalue weighted by Crippen LogP contribution is -2.35. The van der Waals surface area contributed by atoms with Crippen LogP contribution in [0, 0.1) is 0 Å². The molecule has 1 amide bonds.